The molecule has 0 radical (unpaired) electrons. The van der Waals surface area contributed by atoms with E-state index in [0.717, 1.165) is 42.7 Å². The lowest BCUT2D eigenvalue weighted by Crippen LogP contribution is -2.23. The van der Waals surface area contributed by atoms with E-state index in [1.54, 1.807) is 18.7 Å². The fraction of sp³-hybridized carbons (Fsp3) is 0.417. The quantitative estimate of drug-likeness (QED) is 0.339. The smallest absolute Gasteiger partial charge is 0.341 e. The van der Waals surface area contributed by atoms with Gasteiger partial charge in [-0.05, 0) is 51.2 Å². The number of para-hydroxylation sites is 1. The highest BCUT2D eigenvalue weighted by molar-refractivity contribution is 8.00. The average Bonchev–Trinajstić information content (AvgIpc) is 3.42. The Kier molecular flexibility index (Phi) is 6.72. The van der Waals surface area contributed by atoms with E-state index in [2.05, 4.69) is 35.1 Å². The Morgan fingerprint density at radius 2 is 2.06 bits per heavy atom. The molecule has 0 saturated carbocycles. The first-order valence-electron chi connectivity index (χ1n) is 10.9. The number of carbonyl (C=O) groups is 2. The number of aromatic nitrogens is 1. The lowest BCUT2D eigenvalue weighted by atomic mass is 10.1. The lowest BCUT2D eigenvalue weighted by Gasteiger charge is -2.12. The van der Waals surface area contributed by atoms with E-state index in [9.17, 15) is 9.59 Å². The average molecular weight is 457 g/mol. The number of nitrogens with zero attached hydrogens (tertiary/aromatic N) is 1. The van der Waals surface area contributed by atoms with Gasteiger partial charge in [-0.2, -0.15) is 0 Å². The van der Waals surface area contributed by atoms with Gasteiger partial charge in [-0.15, -0.1) is 23.1 Å². The van der Waals surface area contributed by atoms with E-state index in [4.69, 9.17) is 4.74 Å². The van der Waals surface area contributed by atoms with Crippen molar-refractivity contribution in [2.24, 2.45) is 0 Å². The Bertz CT molecular complexity index is 1120. The Morgan fingerprint density at radius 3 is 2.84 bits per heavy atom. The van der Waals surface area contributed by atoms with Crippen LogP contribution in [-0.2, 0) is 28.9 Å². The molecule has 0 unspecified atom stereocenters. The standard InChI is InChI=1S/C24H28N2O3S2/c1-4-13-26-14-20(16-9-6-7-11-18(16)26)30-15(3)22(27)25-23-21(24(28)29-5-2)17-10-8-12-19(17)31-23/h6-7,9,11,14-15H,4-5,8,10,12-13H2,1-3H3,(H,25,27)/t15-/m1/s1. The first-order valence-corrected chi connectivity index (χ1v) is 12.6. The second-order valence-electron chi connectivity index (χ2n) is 7.74. The number of hydrogen-bond acceptors (Lipinski definition) is 5. The molecule has 1 amide bonds. The van der Waals surface area contributed by atoms with Gasteiger partial charge in [-0.3, -0.25) is 4.79 Å². The summed E-state index contributed by atoms with van der Waals surface area (Å²) in [6.45, 7) is 7.15. The Hall–Kier alpha value is -2.25. The molecule has 5 nitrogen and oxygen atoms in total. The number of esters is 1. The first kappa shape index (κ1) is 22.0. The predicted molar refractivity (Wildman–Crippen MR) is 128 cm³/mol. The summed E-state index contributed by atoms with van der Waals surface area (Å²) in [4.78, 5) is 27.9. The van der Waals surface area contributed by atoms with Crippen LogP contribution in [0.2, 0.25) is 0 Å². The number of aryl methyl sites for hydroxylation is 2. The molecule has 7 heteroatoms. The number of benzene rings is 1. The molecular weight excluding hydrogens is 428 g/mol. The van der Waals surface area contributed by atoms with Crippen LogP contribution in [-0.4, -0.2) is 28.3 Å². The van der Waals surface area contributed by atoms with E-state index in [-0.39, 0.29) is 17.1 Å². The number of hydrogen-bond donors (Lipinski definition) is 1. The summed E-state index contributed by atoms with van der Waals surface area (Å²) in [5, 5.41) is 4.53. The topological polar surface area (TPSA) is 60.3 Å². The minimum absolute atomic E-state index is 0.0946. The zero-order valence-corrected chi connectivity index (χ0v) is 19.8. The Labute approximate surface area is 191 Å². The zero-order valence-electron chi connectivity index (χ0n) is 18.2. The maximum Gasteiger partial charge on any atom is 0.341 e. The number of rotatable bonds is 8. The Morgan fingerprint density at radius 1 is 1.26 bits per heavy atom. The van der Waals surface area contributed by atoms with Crippen molar-refractivity contribution in [3.05, 3.63) is 46.5 Å². The number of nitrogens with one attached hydrogen (secondary N) is 1. The molecule has 0 spiro atoms. The van der Waals surface area contributed by atoms with Crippen LogP contribution in [0.3, 0.4) is 0 Å². The second-order valence-corrected chi connectivity index (χ2v) is 10.2. The van der Waals surface area contributed by atoms with E-state index in [0.29, 0.717) is 17.2 Å². The van der Waals surface area contributed by atoms with Crippen molar-refractivity contribution in [3.63, 3.8) is 0 Å². The van der Waals surface area contributed by atoms with Crippen molar-refractivity contribution in [2.75, 3.05) is 11.9 Å². The van der Waals surface area contributed by atoms with Crippen molar-refractivity contribution in [1.82, 2.24) is 4.57 Å². The third-order valence-electron chi connectivity index (χ3n) is 5.53. The van der Waals surface area contributed by atoms with Crippen molar-refractivity contribution in [1.29, 1.82) is 0 Å². The van der Waals surface area contributed by atoms with Crippen LogP contribution in [0.1, 0.15) is 54.4 Å². The molecular formula is C24H28N2O3S2. The second kappa shape index (κ2) is 9.49. The lowest BCUT2D eigenvalue weighted by molar-refractivity contribution is -0.115. The van der Waals surface area contributed by atoms with Crippen LogP contribution >= 0.6 is 23.1 Å². The number of thioether (sulfide) groups is 1. The summed E-state index contributed by atoms with van der Waals surface area (Å²) >= 11 is 3.08. The number of amides is 1. The third kappa shape index (κ3) is 4.39. The molecule has 1 aliphatic rings. The van der Waals surface area contributed by atoms with Crippen LogP contribution in [0.5, 0.6) is 0 Å². The summed E-state index contributed by atoms with van der Waals surface area (Å²) in [7, 11) is 0. The summed E-state index contributed by atoms with van der Waals surface area (Å²) in [5.74, 6) is -0.428. The highest BCUT2D eigenvalue weighted by Gasteiger charge is 2.29. The van der Waals surface area contributed by atoms with E-state index in [1.165, 1.54) is 27.1 Å². The number of anilines is 1. The Balaban J connectivity index is 1.54. The van der Waals surface area contributed by atoms with E-state index in [1.807, 2.05) is 19.1 Å². The number of fused-ring (bicyclic) bond motifs is 2. The van der Waals surface area contributed by atoms with Crippen LogP contribution < -0.4 is 5.32 Å². The minimum atomic E-state index is -0.333. The summed E-state index contributed by atoms with van der Waals surface area (Å²) < 4.78 is 7.53. The number of ether oxygens (including phenoxy) is 1. The summed E-state index contributed by atoms with van der Waals surface area (Å²) in [6, 6.07) is 8.31. The molecule has 4 rings (SSSR count). The fourth-order valence-electron chi connectivity index (χ4n) is 4.10. The molecule has 3 aromatic rings. The summed E-state index contributed by atoms with van der Waals surface area (Å²) in [6.07, 6.45) is 6.08. The van der Waals surface area contributed by atoms with Crippen LogP contribution in [0.4, 0.5) is 5.00 Å². The monoisotopic (exact) mass is 456 g/mol. The van der Waals surface area contributed by atoms with Crippen molar-refractivity contribution in [2.45, 2.75) is 63.1 Å². The molecule has 0 bridgehead atoms. The molecule has 164 valence electrons. The highest BCUT2D eigenvalue weighted by atomic mass is 32.2. The van der Waals surface area contributed by atoms with Gasteiger partial charge in [0.25, 0.3) is 0 Å². The van der Waals surface area contributed by atoms with Crippen molar-refractivity contribution >= 4 is 50.9 Å². The number of thiophene rings is 1. The van der Waals surface area contributed by atoms with Crippen molar-refractivity contribution < 1.29 is 14.3 Å². The van der Waals surface area contributed by atoms with Gasteiger partial charge in [0.15, 0.2) is 0 Å². The molecule has 1 aromatic carbocycles. The van der Waals surface area contributed by atoms with Gasteiger partial charge < -0.3 is 14.6 Å². The molecule has 2 heterocycles. The molecule has 1 aliphatic carbocycles. The third-order valence-corrected chi connectivity index (χ3v) is 7.88. The van der Waals surface area contributed by atoms with Gasteiger partial charge in [-0.1, -0.05) is 25.1 Å². The predicted octanol–water partition coefficient (Wildman–Crippen LogP) is 5.90. The van der Waals surface area contributed by atoms with E-state index >= 15 is 0 Å². The minimum Gasteiger partial charge on any atom is -0.462 e. The van der Waals surface area contributed by atoms with Crippen LogP contribution in [0.15, 0.2) is 35.4 Å². The first-order chi connectivity index (χ1) is 15.0. The fourth-order valence-corrected chi connectivity index (χ4v) is 6.42. The number of carbonyl (C=O) groups excluding carboxylic acids is 2. The molecule has 1 N–H and O–H groups in total. The molecule has 2 aromatic heterocycles. The molecule has 0 fully saturated rings. The molecule has 1 atom stereocenters. The van der Waals surface area contributed by atoms with Crippen molar-refractivity contribution in [3.8, 4) is 0 Å². The highest BCUT2D eigenvalue weighted by Crippen LogP contribution is 2.40. The zero-order chi connectivity index (χ0) is 22.0. The van der Waals surface area contributed by atoms with Gasteiger partial charge in [0.1, 0.15) is 5.00 Å². The maximum absolute atomic E-state index is 13.1. The van der Waals surface area contributed by atoms with Gasteiger partial charge >= 0.3 is 5.97 Å². The van der Waals surface area contributed by atoms with Gasteiger partial charge in [0.2, 0.25) is 5.91 Å². The van der Waals surface area contributed by atoms with Gasteiger partial charge in [-0.25, -0.2) is 4.79 Å². The maximum atomic E-state index is 13.1. The van der Waals surface area contributed by atoms with E-state index < -0.39 is 0 Å². The summed E-state index contributed by atoms with van der Waals surface area (Å²) in [5.41, 5.74) is 2.81. The molecule has 0 aliphatic heterocycles. The van der Waals surface area contributed by atoms with Crippen LogP contribution in [0.25, 0.3) is 10.9 Å². The molecule has 0 saturated heterocycles. The van der Waals surface area contributed by atoms with Gasteiger partial charge in [0, 0.05) is 33.4 Å². The largest absolute Gasteiger partial charge is 0.462 e. The SMILES string of the molecule is CCCn1cc(S[C@H](C)C(=O)Nc2sc3c(c2C(=O)OCC)CCC3)c2ccccc21. The normalized spacial score (nSPS) is 13.9. The van der Waals surface area contributed by atoms with Gasteiger partial charge in [0.05, 0.1) is 17.4 Å². The molecule has 31 heavy (non-hydrogen) atoms. The van der Waals surface area contributed by atoms with Crippen LogP contribution in [0, 0.1) is 0 Å².